The van der Waals surface area contributed by atoms with Gasteiger partial charge >= 0.3 is 0 Å². The number of rotatable bonds is 7. The van der Waals surface area contributed by atoms with Crippen molar-refractivity contribution in [2.45, 2.75) is 32.6 Å². The lowest BCUT2D eigenvalue weighted by atomic mass is 9.86. The van der Waals surface area contributed by atoms with Gasteiger partial charge in [-0.1, -0.05) is 18.2 Å². The molecule has 0 radical (unpaired) electrons. The fourth-order valence-electron chi connectivity index (χ4n) is 3.83. The topological polar surface area (TPSA) is 12.5 Å². The molecule has 2 nitrogen and oxygen atoms in total. The number of hydrogen-bond acceptors (Lipinski definition) is 2. The molecule has 1 aliphatic heterocycles. The van der Waals surface area contributed by atoms with Gasteiger partial charge in [-0.05, 0) is 97.0 Å². The van der Waals surface area contributed by atoms with Crippen LogP contribution in [-0.2, 0) is 12.8 Å². The largest absolute Gasteiger partial charge is 0.494 e. The maximum atomic E-state index is 12.9. The highest BCUT2D eigenvalue weighted by molar-refractivity contribution is 5.72. The molecule has 0 N–H and O–H groups in total. The molecule has 2 aliphatic rings. The summed E-state index contributed by atoms with van der Waals surface area (Å²) in [7, 11) is 0. The third kappa shape index (κ3) is 4.24. The number of halogens is 1. The molecule has 4 rings (SSSR count). The zero-order chi connectivity index (χ0) is 18.6. The van der Waals surface area contributed by atoms with Gasteiger partial charge in [-0.25, -0.2) is 4.39 Å². The Labute approximate surface area is 161 Å². The molecule has 1 heterocycles. The smallest absolute Gasteiger partial charge is 0.123 e. The molecule has 0 spiro atoms. The Hall–Kier alpha value is -2.55. The number of hydrogen-bond donors (Lipinski definition) is 0. The van der Waals surface area contributed by atoms with Crippen molar-refractivity contribution in [3.8, 4) is 5.75 Å². The summed E-state index contributed by atoms with van der Waals surface area (Å²) in [5, 5.41) is 0. The molecule has 0 aromatic heterocycles. The third-order valence-electron chi connectivity index (χ3n) is 5.55. The Morgan fingerprint density at radius 2 is 1.89 bits per heavy atom. The number of ether oxygens (including phenoxy) is 1. The molecule has 0 amide bonds. The number of benzene rings is 2. The van der Waals surface area contributed by atoms with E-state index in [1.165, 1.54) is 28.8 Å². The zero-order valence-electron chi connectivity index (χ0n) is 15.9. The van der Waals surface area contributed by atoms with Crippen LogP contribution in [0.15, 0.2) is 60.3 Å². The molecular formula is C24H26FNO. The van der Waals surface area contributed by atoms with Gasteiger partial charge in [0, 0.05) is 13.1 Å². The summed E-state index contributed by atoms with van der Waals surface area (Å²) < 4.78 is 18.9. The Kier molecular flexibility index (Phi) is 5.28. The van der Waals surface area contributed by atoms with Crippen molar-refractivity contribution in [1.29, 1.82) is 0 Å². The Morgan fingerprint density at radius 1 is 1.07 bits per heavy atom. The highest BCUT2D eigenvalue weighted by atomic mass is 19.1. The first kappa shape index (κ1) is 17.8. The second kappa shape index (κ2) is 7.99. The van der Waals surface area contributed by atoms with Gasteiger partial charge in [-0.3, -0.25) is 0 Å². The van der Waals surface area contributed by atoms with E-state index in [9.17, 15) is 4.39 Å². The van der Waals surface area contributed by atoms with Crippen LogP contribution in [0.4, 0.5) is 4.39 Å². The summed E-state index contributed by atoms with van der Waals surface area (Å²) in [4.78, 5) is 2.36. The Bertz CT molecular complexity index is 866. The zero-order valence-corrected chi connectivity index (χ0v) is 15.9. The van der Waals surface area contributed by atoms with Crippen LogP contribution in [0.5, 0.6) is 5.75 Å². The summed E-state index contributed by atoms with van der Waals surface area (Å²) in [5.41, 5.74) is 6.90. The Morgan fingerprint density at radius 3 is 2.63 bits per heavy atom. The minimum absolute atomic E-state index is 0.183. The lowest BCUT2D eigenvalue weighted by Crippen LogP contribution is -2.27. The molecule has 1 aliphatic carbocycles. The van der Waals surface area contributed by atoms with Gasteiger partial charge in [-0.15, -0.1) is 0 Å². The molecular weight excluding hydrogens is 337 g/mol. The van der Waals surface area contributed by atoms with Gasteiger partial charge in [0.25, 0.3) is 0 Å². The van der Waals surface area contributed by atoms with Crippen LogP contribution >= 0.6 is 0 Å². The normalized spacial score (nSPS) is 15.6. The first-order valence-corrected chi connectivity index (χ1v) is 9.79. The fraction of sp³-hybridized carbons (Fsp3) is 0.333. The predicted octanol–water partition coefficient (Wildman–Crippen LogP) is 5.39. The average molecular weight is 363 g/mol. The van der Waals surface area contributed by atoms with Crippen molar-refractivity contribution in [3.63, 3.8) is 0 Å². The van der Waals surface area contributed by atoms with E-state index in [2.05, 4.69) is 42.3 Å². The standard InChI is InChI=1S/C24H26FNO/c1-18-21(17-26-13-3-14-26)8-7-20-16-23(11-12-24(18)20)27-15-2-4-19-5-9-22(25)10-6-19/h3,5-6,9-13,16H,2,4,7-8,14-15,17H2,1H3. The lowest BCUT2D eigenvalue weighted by molar-refractivity contribution is 0.310. The van der Waals surface area contributed by atoms with Gasteiger partial charge in [-0.2, -0.15) is 0 Å². The van der Waals surface area contributed by atoms with Crippen molar-refractivity contribution in [2.24, 2.45) is 0 Å². The number of allylic oxidation sites excluding steroid dienone is 1. The van der Waals surface area contributed by atoms with Gasteiger partial charge in [0.2, 0.25) is 0 Å². The molecule has 0 bridgehead atoms. The second-order valence-corrected chi connectivity index (χ2v) is 7.44. The molecule has 0 atom stereocenters. The molecule has 3 heteroatoms. The van der Waals surface area contributed by atoms with E-state index in [1.54, 1.807) is 5.57 Å². The molecule has 0 fully saturated rings. The Balaban J connectivity index is 1.33. The average Bonchev–Trinajstić information content (AvgIpc) is 2.65. The molecule has 2 aromatic carbocycles. The number of aryl methyl sites for hydroxylation is 2. The summed E-state index contributed by atoms with van der Waals surface area (Å²) in [6.07, 6.45) is 8.44. The van der Waals surface area contributed by atoms with E-state index < -0.39 is 0 Å². The van der Waals surface area contributed by atoms with Gasteiger partial charge in [0.15, 0.2) is 0 Å². The molecule has 140 valence electrons. The number of fused-ring (bicyclic) bond motifs is 1. The lowest BCUT2D eigenvalue weighted by Gasteiger charge is -2.30. The van der Waals surface area contributed by atoms with E-state index in [-0.39, 0.29) is 5.82 Å². The summed E-state index contributed by atoms with van der Waals surface area (Å²) in [6.45, 7) is 5.06. The van der Waals surface area contributed by atoms with Crippen molar-refractivity contribution >= 4 is 5.57 Å². The van der Waals surface area contributed by atoms with Crippen molar-refractivity contribution in [1.82, 2.24) is 4.90 Å². The molecule has 0 saturated heterocycles. The van der Waals surface area contributed by atoms with E-state index in [0.29, 0.717) is 6.61 Å². The maximum Gasteiger partial charge on any atom is 0.123 e. The SMILES string of the molecule is CC1=C(CN2C=CC2)CCc2cc(OCCCc3ccc(F)cc3)ccc21. The van der Waals surface area contributed by atoms with E-state index in [1.807, 2.05) is 12.1 Å². The van der Waals surface area contributed by atoms with Crippen LogP contribution in [0.2, 0.25) is 0 Å². The quantitative estimate of drug-likeness (QED) is 0.612. The van der Waals surface area contributed by atoms with Gasteiger partial charge in [0.05, 0.1) is 6.61 Å². The van der Waals surface area contributed by atoms with Gasteiger partial charge in [0.1, 0.15) is 11.6 Å². The van der Waals surface area contributed by atoms with Crippen LogP contribution in [-0.4, -0.2) is 24.6 Å². The van der Waals surface area contributed by atoms with E-state index in [0.717, 1.165) is 50.1 Å². The van der Waals surface area contributed by atoms with Crippen LogP contribution < -0.4 is 4.74 Å². The van der Waals surface area contributed by atoms with Crippen molar-refractivity contribution in [2.75, 3.05) is 19.7 Å². The fourth-order valence-corrected chi connectivity index (χ4v) is 3.83. The minimum atomic E-state index is -0.183. The van der Waals surface area contributed by atoms with Crippen LogP contribution in [0.1, 0.15) is 36.5 Å². The highest BCUT2D eigenvalue weighted by Crippen LogP contribution is 2.34. The maximum absolute atomic E-state index is 12.9. The third-order valence-corrected chi connectivity index (χ3v) is 5.55. The molecule has 2 aromatic rings. The summed E-state index contributed by atoms with van der Waals surface area (Å²) in [6, 6.07) is 13.2. The summed E-state index contributed by atoms with van der Waals surface area (Å²) in [5.74, 6) is 0.771. The highest BCUT2D eigenvalue weighted by Gasteiger charge is 2.18. The molecule has 0 unspecified atom stereocenters. The summed E-state index contributed by atoms with van der Waals surface area (Å²) >= 11 is 0. The van der Waals surface area contributed by atoms with Crippen molar-refractivity contribution < 1.29 is 9.13 Å². The molecule has 0 saturated carbocycles. The van der Waals surface area contributed by atoms with E-state index >= 15 is 0 Å². The van der Waals surface area contributed by atoms with Crippen molar-refractivity contribution in [3.05, 3.63) is 82.8 Å². The monoisotopic (exact) mass is 363 g/mol. The van der Waals surface area contributed by atoms with E-state index in [4.69, 9.17) is 4.74 Å². The van der Waals surface area contributed by atoms with Crippen LogP contribution in [0, 0.1) is 5.82 Å². The second-order valence-electron chi connectivity index (χ2n) is 7.44. The van der Waals surface area contributed by atoms with Gasteiger partial charge < -0.3 is 9.64 Å². The minimum Gasteiger partial charge on any atom is -0.494 e. The number of nitrogens with zero attached hydrogens (tertiary/aromatic N) is 1. The predicted molar refractivity (Wildman–Crippen MR) is 108 cm³/mol. The first-order chi connectivity index (χ1) is 13.2. The van der Waals surface area contributed by atoms with Crippen LogP contribution in [0.3, 0.4) is 0 Å². The first-order valence-electron chi connectivity index (χ1n) is 9.79. The molecule has 27 heavy (non-hydrogen) atoms. The van der Waals surface area contributed by atoms with Crippen LogP contribution in [0.25, 0.3) is 5.57 Å².